The van der Waals surface area contributed by atoms with Crippen molar-refractivity contribution >= 4 is 15.5 Å². The quantitative estimate of drug-likeness (QED) is 0.682. The van der Waals surface area contributed by atoms with E-state index >= 15 is 0 Å². The molecule has 132 valence electrons. The number of sulfone groups is 1. The van der Waals surface area contributed by atoms with Crippen LogP contribution in [0, 0.1) is 6.92 Å². The lowest BCUT2D eigenvalue weighted by atomic mass is 10.1. The van der Waals surface area contributed by atoms with Crippen LogP contribution in [0.5, 0.6) is 0 Å². The fraction of sp³-hybridized carbons (Fsp3) is 0.214. The monoisotopic (exact) mass is 372 g/mol. The standard InChI is InChI=1S/C14H11F3N4O3S/c1-8-9(14(15,16)17)4-3-5-10(8)20-6-7-21-11(12(20)22)18-19-13(21)25(2,23)24/h3-7H,1-2H3. The molecule has 2 aromatic heterocycles. The van der Waals surface area contributed by atoms with Crippen LogP contribution in [0.25, 0.3) is 11.3 Å². The summed E-state index contributed by atoms with van der Waals surface area (Å²) in [7, 11) is -3.72. The Balaban J connectivity index is 2.29. The van der Waals surface area contributed by atoms with Gasteiger partial charge in [-0.1, -0.05) is 6.07 Å². The van der Waals surface area contributed by atoms with E-state index in [-0.39, 0.29) is 16.9 Å². The number of hydrogen-bond donors (Lipinski definition) is 0. The Labute approximate surface area is 139 Å². The molecule has 0 fully saturated rings. The fourth-order valence-electron chi connectivity index (χ4n) is 2.50. The largest absolute Gasteiger partial charge is 0.416 e. The summed E-state index contributed by atoms with van der Waals surface area (Å²) in [5.74, 6) is 0. The van der Waals surface area contributed by atoms with Crippen LogP contribution in [-0.2, 0) is 16.0 Å². The van der Waals surface area contributed by atoms with Gasteiger partial charge in [-0.05, 0) is 24.6 Å². The molecule has 3 rings (SSSR count). The summed E-state index contributed by atoms with van der Waals surface area (Å²) < 4.78 is 64.4. The summed E-state index contributed by atoms with van der Waals surface area (Å²) in [5.41, 5.74) is -2.07. The molecular weight excluding hydrogens is 361 g/mol. The zero-order chi connectivity index (χ0) is 18.6. The number of fused-ring (bicyclic) bond motifs is 1. The summed E-state index contributed by atoms with van der Waals surface area (Å²) in [6, 6.07) is 3.46. The number of hydrogen-bond acceptors (Lipinski definition) is 5. The first-order chi connectivity index (χ1) is 11.5. The molecule has 0 N–H and O–H groups in total. The summed E-state index contributed by atoms with van der Waals surface area (Å²) in [6.07, 6.45) is -1.26. The van der Waals surface area contributed by atoms with Gasteiger partial charge in [0.25, 0.3) is 5.16 Å². The lowest BCUT2D eigenvalue weighted by Crippen LogP contribution is -2.22. The molecule has 7 nitrogen and oxygen atoms in total. The molecule has 1 aromatic carbocycles. The number of halogens is 3. The van der Waals surface area contributed by atoms with Crippen molar-refractivity contribution in [1.82, 2.24) is 19.2 Å². The molecule has 2 heterocycles. The third kappa shape index (κ3) is 2.80. The Morgan fingerprint density at radius 1 is 1.12 bits per heavy atom. The summed E-state index contributed by atoms with van der Waals surface area (Å²) in [4.78, 5) is 12.5. The number of benzene rings is 1. The van der Waals surface area contributed by atoms with Gasteiger partial charge >= 0.3 is 11.7 Å². The van der Waals surface area contributed by atoms with Crippen molar-refractivity contribution < 1.29 is 21.6 Å². The average Bonchev–Trinajstić information content (AvgIpc) is 2.92. The van der Waals surface area contributed by atoms with Crippen molar-refractivity contribution in [3.8, 4) is 5.69 Å². The summed E-state index contributed by atoms with van der Waals surface area (Å²) in [6.45, 7) is 1.25. The Bertz CT molecular complexity index is 1150. The smallest absolute Gasteiger partial charge is 0.279 e. The van der Waals surface area contributed by atoms with Gasteiger partial charge in [0, 0.05) is 18.6 Å². The van der Waals surface area contributed by atoms with Crippen LogP contribution in [0.1, 0.15) is 11.1 Å². The maximum Gasteiger partial charge on any atom is 0.416 e. The van der Waals surface area contributed by atoms with E-state index in [2.05, 4.69) is 10.2 Å². The van der Waals surface area contributed by atoms with Gasteiger partial charge in [-0.15, -0.1) is 10.2 Å². The van der Waals surface area contributed by atoms with Gasteiger partial charge in [0.05, 0.1) is 11.3 Å². The second-order valence-electron chi connectivity index (χ2n) is 5.37. The first-order valence-electron chi connectivity index (χ1n) is 6.85. The maximum atomic E-state index is 13.1. The number of rotatable bonds is 2. The summed E-state index contributed by atoms with van der Waals surface area (Å²) in [5, 5.41) is 6.60. The van der Waals surface area contributed by atoms with Gasteiger partial charge in [0.15, 0.2) is 0 Å². The van der Waals surface area contributed by atoms with Crippen LogP contribution in [0.3, 0.4) is 0 Å². The Kier molecular flexibility index (Phi) is 3.71. The fourth-order valence-corrected chi connectivity index (χ4v) is 3.19. The van der Waals surface area contributed by atoms with E-state index in [9.17, 15) is 26.4 Å². The normalized spacial score (nSPS) is 12.7. The lowest BCUT2D eigenvalue weighted by molar-refractivity contribution is -0.138. The molecule has 0 aliphatic rings. The molecule has 0 radical (unpaired) electrons. The molecule has 0 spiro atoms. The number of aromatic nitrogens is 4. The van der Waals surface area contributed by atoms with E-state index in [1.807, 2.05) is 0 Å². The molecular formula is C14H11F3N4O3S. The van der Waals surface area contributed by atoms with Crippen molar-refractivity contribution in [2.45, 2.75) is 18.3 Å². The third-order valence-electron chi connectivity index (χ3n) is 3.64. The van der Waals surface area contributed by atoms with E-state index in [1.54, 1.807) is 0 Å². The highest BCUT2D eigenvalue weighted by atomic mass is 32.2. The molecule has 0 aliphatic carbocycles. The van der Waals surface area contributed by atoms with Gasteiger partial charge in [-0.2, -0.15) is 13.2 Å². The third-order valence-corrected chi connectivity index (χ3v) is 4.58. The molecule has 25 heavy (non-hydrogen) atoms. The Hall–Kier alpha value is -2.69. The van der Waals surface area contributed by atoms with Crippen LogP contribution >= 0.6 is 0 Å². The first-order valence-corrected chi connectivity index (χ1v) is 8.74. The van der Waals surface area contributed by atoms with Gasteiger partial charge in [0.2, 0.25) is 15.5 Å². The Morgan fingerprint density at radius 3 is 2.40 bits per heavy atom. The highest BCUT2D eigenvalue weighted by Gasteiger charge is 2.33. The van der Waals surface area contributed by atoms with Gasteiger partial charge < -0.3 is 0 Å². The zero-order valence-corrected chi connectivity index (χ0v) is 13.8. The molecule has 3 aromatic rings. The van der Waals surface area contributed by atoms with Crippen molar-refractivity contribution in [1.29, 1.82) is 0 Å². The Morgan fingerprint density at radius 2 is 1.80 bits per heavy atom. The van der Waals surface area contributed by atoms with E-state index in [4.69, 9.17) is 0 Å². The van der Waals surface area contributed by atoms with Crippen molar-refractivity contribution in [3.63, 3.8) is 0 Å². The van der Waals surface area contributed by atoms with E-state index in [1.165, 1.54) is 31.5 Å². The highest BCUT2D eigenvalue weighted by molar-refractivity contribution is 7.90. The second kappa shape index (κ2) is 5.41. The molecule has 0 unspecified atom stereocenters. The molecule has 0 saturated heterocycles. The van der Waals surface area contributed by atoms with Crippen molar-refractivity contribution in [3.05, 3.63) is 52.1 Å². The van der Waals surface area contributed by atoms with Gasteiger partial charge in [-0.25, -0.2) is 8.42 Å². The molecule has 0 amide bonds. The number of nitrogens with zero attached hydrogens (tertiary/aromatic N) is 4. The minimum absolute atomic E-state index is 0.0197. The molecule has 0 bridgehead atoms. The van der Waals surface area contributed by atoms with Gasteiger partial charge in [-0.3, -0.25) is 13.8 Å². The predicted octanol–water partition coefficient (Wildman–Crippen LogP) is 1.61. The SMILES string of the molecule is Cc1c(-n2ccn3c(S(C)(=O)=O)nnc3c2=O)cccc1C(F)(F)F. The van der Waals surface area contributed by atoms with Crippen molar-refractivity contribution in [2.24, 2.45) is 0 Å². The van der Waals surface area contributed by atoms with E-state index in [0.29, 0.717) is 0 Å². The van der Waals surface area contributed by atoms with Crippen LogP contribution in [-0.4, -0.2) is 33.8 Å². The first kappa shape index (κ1) is 17.1. The molecule has 11 heteroatoms. The number of alkyl halides is 3. The molecule has 0 aliphatic heterocycles. The van der Waals surface area contributed by atoms with Gasteiger partial charge in [0.1, 0.15) is 0 Å². The van der Waals surface area contributed by atoms with Crippen LogP contribution in [0.2, 0.25) is 0 Å². The topological polar surface area (TPSA) is 86.3 Å². The van der Waals surface area contributed by atoms with Crippen LogP contribution in [0.15, 0.2) is 40.5 Å². The minimum atomic E-state index is -4.56. The molecule has 0 atom stereocenters. The minimum Gasteiger partial charge on any atom is -0.279 e. The highest BCUT2D eigenvalue weighted by Crippen LogP contribution is 2.33. The van der Waals surface area contributed by atoms with Crippen LogP contribution < -0.4 is 5.56 Å². The maximum absolute atomic E-state index is 13.1. The van der Waals surface area contributed by atoms with Crippen LogP contribution in [0.4, 0.5) is 13.2 Å². The zero-order valence-electron chi connectivity index (χ0n) is 12.9. The molecule has 0 saturated carbocycles. The predicted molar refractivity (Wildman–Crippen MR) is 81.4 cm³/mol. The second-order valence-corrected chi connectivity index (χ2v) is 7.28. The van der Waals surface area contributed by atoms with E-state index < -0.39 is 32.3 Å². The van der Waals surface area contributed by atoms with Crippen molar-refractivity contribution in [2.75, 3.05) is 6.26 Å². The average molecular weight is 372 g/mol. The van der Waals surface area contributed by atoms with E-state index in [0.717, 1.165) is 21.3 Å². The summed E-state index contributed by atoms with van der Waals surface area (Å²) >= 11 is 0. The lowest BCUT2D eigenvalue weighted by Gasteiger charge is -2.15.